The van der Waals surface area contributed by atoms with Crippen LogP contribution in [0.1, 0.15) is 24.1 Å². The topological polar surface area (TPSA) is 90.5 Å². The van der Waals surface area contributed by atoms with Gasteiger partial charge >= 0.3 is 0 Å². The number of hydrogen-bond acceptors (Lipinski definition) is 8. The number of nitrogens with one attached hydrogen (secondary N) is 2. The van der Waals surface area contributed by atoms with Crippen molar-refractivity contribution < 1.29 is 9.59 Å². The van der Waals surface area contributed by atoms with E-state index in [4.69, 9.17) is 0 Å². The number of thioether (sulfide) groups is 1. The van der Waals surface area contributed by atoms with Crippen molar-refractivity contribution in [3.63, 3.8) is 0 Å². The van der Waals surface area contributed by atoms with E-state index in [9.17, 15) is 9.59 Å². The van der Waals surface area contributed by atoms with Crippen molar-refractivity contribution >= 4 is 40.6 Å². The summed E-state index contributed by atoms with van der Waals surface area (Å²) in [6.07, 6.45) is 5.46. The molecule has 9 heteroatoms. The number of anilines is 2. The zero-order chi connectivity index (χ0) is 26.5. The maximum absolute atomic E-state index is 11.8. The number of imide groups is 1. The van der Waals surface area contributed by atoms with E-state index in [1.807, 2.05) is 0 Å². The van der Waals surface area contributed by atoms with Gasteiger partial charge in [-0.1, -0.05) is 36.4 Å². The first-order chi connectivity index (χ1) is 18.5. The fraction of sp³-hybridized carbons (Fsp3) is 0.310. The van der Waals surface area contributed by atoms with E-state index in [-0.39, 0.29) is 11.1 Å². The quantitative estimate of drug-likeness (QED) is 0.412. The number of amides is 2. The van der Waals surface area contributed by atoms with E-state index in [1.54, 1.807) is 18.3 Å². The summed E-state index contributed by atoms with van der Waals surface area (Å²) in [6, 6.07) is 19.0. The van der Waals surface area contributed by atoms with Crippen molar-refractivity contribution in [1.29, 1.82) is 0 Å². The minimum atomic E-state index is -0.377. The second-order valence-corrected chi connectivity index (χ2v) is 10.8. The van der Waals surface area contributed by atoms with Crippen LogP contribution < -0.4 is 20.4 Å². The first-order valence-corrected chi connectivity index (χ1v) is 13.7. The number of rotatable bonds is 8. The minimum absolute atomic E-state index is 0.353. The van der Waals surface area contributed by atoms with Gasteiger partial charge in [-0.15, -0.1) is 0 Å². The fourth-order valence-electron chi connectivity index (χ4n) is 4.81. The van der Waals surface area contributed by atoms with E-state index in [1.165, 1.54) is 22.4 Å². The van der Waals surface area contributed by atoms with Gasteiger partial charge in [0.05, 0.1) is 10.6 Å². The van der Waals surface area contributed by atoms with Crippen LogP contribution in [0.2, 0.25) is 0 Å². The highest BCUT2D eigenvalue weighted by Crippen LogP contribution is 2.28. The van der Waals surface area contributed by atoms with Gasteiger partial charge in [-0.25, -0.2) is 9.97 Å². The number of piperidine rings is 1. The minimum Gasteiger partial charge on any atom is -0.378 e. The third-order valence-corrected chi connectivity index (χ3v) is 7.73. The van der Waals surface area contributed by atoms with Crippen LogP contribution in [0.4, 0.5) is 16.4 Å². The second kappa shape index (κ2) is 11.8. The molecule has 2 N–H and O–H groups in total. The summed E-state index contributed by atoms with van der Waals surface area (Å²) >= 11 is 0.896. The molecule has 0 atom stereocenters. The Morgan fingerprint density at radius 2 is 1.92 bits per heavy atom. The van der Waals surface area contributed by atoms with E-state index in [2.05, 4.69) is 93.0 Å². The van der Waals surface area contributed by atoms with Crippen LogP contribution in [0.5, 0.6) is 0 Å². The Hall–Kier alpha value is -3.69. The van der Waals surface area contributed by atoms with Crippen LogP contribution in [-0.2, 0) is 11.3 Å². The molecule has 0 radical (unpaired) electrons. The lowest BCUT2D eigenvalue weighted by Crippen LogP contribution is -2.38. The third-order valence-electron chi connectivity index (χ3n) is 6.92. The monoisotopic (exact) mass is 528 g/mol. The fourth-order valence-corrected chi connectivity index (χ4v) is 5.47. The van der Waals surface area contributed by atoms with Gasteiger partial charge in [0, 0.05) is 45.6 Å². The number of carbonyl (C=O) groups is 2. The molecule has 2 aromatic carbocycles. The highest BCUT2D eigenvalue weighted by atomic mass is 32.2. The number of benzene rings is 2. The van der Waals surface area contributed by atoms with Crippen molar-refractivity contribution in [2.75, 3.05) is 43.5 Å². The van der Waals surface area contributed by atoms with Crippen LogP contribution in [0, 0.1) is 5.92 Å². The van der Waals surface area contributed by atoms with E-state index < -0.39 is 0 Å². The Kier molecular flexibility index (Phi) is 8.05. The molecule has 2 fully saturated rings. The Bertz CT molecular complexity index is 1350. The van der Waals surface area contributed by atoms with Gasteiger partial charge in [0.25, 0.3) is 11.1 Å². The lowest BCUT2D eigenvalue weighted by atomic mass is 9.96. The third kappa shape index (κ3) is 6.23. The summed E-state index contributed by atoms with van der Waals surface area (Å²) in [5.41, 5.74) is 5.63. The Morgan fingerprint density at radius 1 is 1.11 bits per heavy atom. The summed E-state index contributed by atoms with van der Waals surface area (Å²) in [5.74, 6) is 0.873. The molecular weight excluding hydrogens is 496 g/mol. The molecule has 0 unspecified atom stereocenters. The van der Waals surface area contributed by atoms with Crippen molar-refractivity contribution in [2.24, 2.45) is 5.92 Å². The van der Waals surface area contributed by atoms with Gasteiger partial charge in [-0.2, -0.15) is 0 Å². The molecule has 5 rings (SSSR count). The van der Waals surface area contributed by atoms with Crippen molar-refractivity contribution in [3.8, 4) is 11.1 Å². The zero-order valence-corrected chi connectivity index (χ0v) is 22.5. The van der Waals surface area contributed by atoms with Gasteiger partial charge in [0.2, 0.25) is 5.95 Å². The second-order valence-electron chi connectivity index (χ2n) is 9.80. The first kappa shape index (κ1) is 25.9. The Balaban J connectivity index is 1.15. The summed E-state index contributed by atoms with van der Waals surface area (Å²) < 4.78 is 0. The SMILES string of the molecule is CN(C)c1cccc(-c2ccccc2CNCC2CCN(c3nccc(C=C4SC(=O)NC4=O)n3)CC2)c1. The molecule has 2 saturated heterocycles. The number of hydrogen-bond donors (Lipinski definition) is 2. The summed E-state index contributed by atoms with van der Waals surface area (Å²) in [5, 5.41) is 5.61. The Labute approximate surface area is 227 Å². The van der Waals surface area contributed by atoms with Gasteiger partial charge in [-0.05, 0) is 78.0 Å². The maximum atomic E-state index is 11.8. The van der Waals surface area contributed by atoms with Gasteiger partial charge in [0.15, 0.2) is 0 Å². The summed E-state index contributed by atoms with van der Waals surface area (Å²) in [7, 11) is 4.13. The van der Waals surface area contributed by atoms with E-state index in [0.717, 1.165) is 50.8 Å². The molecule has 1 aromatic heterocycles. The average Bonchev–Trinajstić information content (AvgIpc) is 3.25. The van der Waals surface area contributed by atoms with Crippen LogP contribution in [0.25, 0.3) is 17.2 Å². The molecule has 2 amide bonds. The molecule has 0 saturated carbocycles. The van der Waals surface area contributed by atoms with E-state index in [0.29, 0.717) is 22.5 Å². The van der Waals surface area contributed by atoms with Crippen molar-refractivity contribution in [2.45, 2.75) is 19.4 Å². The molecule has 38 heavy (non-hydrogen) atoms. The normalized spacial score (nSPS) is 17.2. The van der Waals surface area contributed by atoms with Gasteiger partial charge in [0.1, 0.15) is 0 Å². The van der Waals surface area contributed by atoms with Crippen LogP contribution in [-0.4, -0.2) is 54.8 Å². The molecule has 3 aromatic rings. The molecule has 3 heterocycles. The highest BCUT2D eigenvalue weighted by molar-refractivity contribution is 8.18. The van der Waals surface area contributed by atoms with Crippen molar-refractivity contribution in [1.82, 2.24) is 20.6 Å². The number of carbonyl (C=O) groups excluding carboxylic acids is 2. The molecule has 0 spiro atoms. The summed E-state index contributed by atoms with van der Waals surface area (Å²) in [6.45, 7) is 3.56. The summed E-state index contributed by atoms with van der Waals surface area (Å²) in [4.78, 5) is 37.0. The molecule has 8 nitrogen and oxygen atoms in total. The first-order valence-electron chi connectivity index (χ1n) is 12.9. The standard InChI is InChI=1S/C29H32N6O2S/c1-34(2)24-8-5-7-21(16-24)25-9-4-3-6-22(25)19-30-18-20-11-14-35(15-12-20)28-31-13-10-23(32-28)17-26-27(36)33-29(37)38-26/h3-10,13,16-17,20,30H,11-12,14-15,18-19H2,1-2H3,(H,33,36,37). The highest BCUT2D eigenvalue weighted by Gasteiger charge is 2.26. The molecule has 2 aliphatic rings. The lowest BCUT2D eigenvalue weighted by Gasteiger charge is -2.32. The van der Waals surface area contributed by atoms with Crippen molar-refractivity contribution in [3.05, 3.63) is 77.0 Å². The maximum Gasteiger partial charge on any atom is 0.290 e. The van der Waals surface area contributed by atoms with Crippen LogP contribution >= 0.6 is 11.8 Å². The lowest BCUT2D eigenvalue weighted by molar-refractivity contribution is -0.115. The molecule has 0 bridgehead atoms. The Morgan fingerprint density at radius 3 is 2.68 bits per heavy atom. The number of nitrogens with zero attached hydrogens (tertiary/aromatic N) is 4. The smallest absolute Gasteiger partial charge is 0.290 e. The predicted octanol–water partition coefficient (Wildman–Crippen LogP) is 4.54. The van der Waals surface area contributed by atoms with Crippen LogP contribution in [0.15, 0.2) is 65.7 Å². The molecule has 0 aliphatic carbocycles. The largest absolute Gasteiger partial charge is 0.378 e. The van der Waals surface area contributed by atoms with Crippen LogP contribution in [0.3, 0.4) is 0 Å². The predicted molar refractivity (Wildman–Crippen MR) is 154 cm³/mol. The zero-order valence-electron chi connectivity index (χ0n) is 21.7. The average molecular weight is 529 g/mol. The molecule has 196 valence electrons. The number of aromatic nitrogens is 2. The van der Waals surface area contributed by atoms with Gasteiger partial charge in [-0.3, -0.25) is 14.9 Å². The van der Waals surface area contributed by atoms with Gasteiger partial charge < -0.3 is 15.1 Å². The molecular formula is C29H32N6O2S. The molecule has 2 aliphatic heterocycles. The van der Waals surface area contributed by atoms with E-state index >= 15 is 0 Å².